The predicted molar refractivity (Wildman–Crippen MR) is 113 cm³/mol. The van der Waals surface area contributed by atoms with Gasteiger partial charge in [0.15, 0.2) is 26.1 Å². The molecule has 0 bridgehead atoms. The van der Waals surface area contributed by atoms with Crippen LogP contribution in [0.4, 0.5) is 0 Å². The van der Waals surface area contributed by atoms with E-state index in [1.54, 1.807) is 24.5 Å². The number of fused-ring (bicyclic) bond motifs is 2. The van der Waals surface area contributed by atoms with Gasteiger partial charge in [-0.25, -0.2) is 8.42 Å². The molecular formula is C21H18N2O5S2. The Hall–Kier alpha value is -3.09. The van der Waals surface area contributed by atoms with E-state index in [4.69, 9.17) is 15.9 Å². The fourth-order valence-electron chi connectivity index (χ4n) is 3.02. The van der Waals surface area contributed by atoms with Gasteiger partial charge in [0.25, 0.3) is 5.91 Å². The van der Waals surface area contributed by atoms with Gasteiger partial charge in [-0.05, 0) is 32.0 Å². The van der Waals surface area contributed by atoms with Gasteiger partial charge in [0.2, 0.25) is 6.79 Å². The molecular weight excluding hydrogens is 424 g/mol. The summed E-state index contributed by atoms with van der Waals surface area (Å²) in [5.41, 5.74) is 0.973. The summed E-state index contributed by atoms with van der Waals surface area (Å²) in [7, 11) is -3.50. The normalized spacial score (nSPS) is 13.7. The maximum atomic E-state index is 12.8. The van der Waals surface area contributed by atoms with Crippen LogP contribution >= 0.6 is 11.3 Å². The van der Waals surface area contributed by atoms with Crippen LogP contribution < -0.4 is 14.3 Å². The van der Waals surface area contributed by atoms with Gasteiger partial charge in [0.05, 0.1) is 26.9 Å². The number of hydrogen-bond donors (Lipinski definition) is 0. The lowest BCUT2D eigenvalue weighted by atomic mass is 10.2. The monoisotopic (exact) mass is 442 g/mol. The maximum Gasteiger partial charge on any atom is 0.279 e. The molecule has 2 heterocycles. The molecule has 1 aromatic heterocycles. The summed E-state index contributed by atoms with van der Waals surface area (Å²) in [6, 6.07) is 9.55. The molecule has 0 unspecified atom stereocenters. The Bertz CT molecular complexity index is 1370. The number of rotatable bonds is 4. The molecule has 1 amide bonds. The number of nitrogens with zero attached hydrogens (tertiary/aromatic N) is 2. The van der Waals surface area contributed by atoms with Crippen LogP contribution in [0.25, 0.3) is 10.2 Å². The molecule has 1 aliphatic rings. The number of thiazole rings is 1. The second-order valence-electron chi connectivity index (χ2n) is 6.89. The summed E-state index contributed by atoms with van der Waals surface area (Å²) < 4.78 is 38.3. The van der Waals surface area contributed by atoms with Crippen LogP contribution in [0.2, 0.25) is 0 Å². The van der Waals surface area contributed by atoms with Gasteiger partial charge < -0.3 is 14.0 Å². The highest BCUT2D eigenvalue weighted by Gasteiger charge is 2.21. The fraction of sp³-hybridized carbons (Fsp3) is 0.238. The first-order chi connectivity index (χ1) is 14.3. The van der Waals surface area contributed by atoms with Crippen LogP contribution in [-0.4, -0.2) is 30.9 Å². The van der Waals surface area contributed by atoms with E-state index in [0.717, 1.165) is 10.2 Å². The highest BCUT2D eigenvalue weighted by molar-refractivity contribution is 7.92. The van der Waals surface area contributed by atoms with Crippen molar-refractivity contribution in [3.05, 3.63) is 46.8 Å². The topological polar surface area (TPSA) is 87.0 Å². The van der Waals surface area contributed by atoms with E-state index in [1.165, 1.54) is 29.5 Å². The number of benzene rings is 2. The standard InChI is InChI=1S/C21H18N2O5S2/c1-4-8-23-16-10-17-18(28-12-27-17)11-19(16)29-21(23)22-20(24)14-6-5-7-15(9-14)30(25,26)13(2)3/h1,5-7,9-11,13H,8,12H2,2-3H3. The first-order valence-electron chi connectivity index (χ1n) is 9.10. The highest BCUT2D eigenvalue weighted by atomic mass is 32.2. The maximum absolute atomic E-state index is 12.8. The number of terminal acetylenes is 1. The number of carbonyl (C=O) groups excluding carboxylic acids is 1. The Morgan fingerprint density at radius 2 is 2.00 bits per heavy atom. The largest absolute Gasteiger partial charge is 0.454 e. The summed E-state index contributed by atoms with van der Waals surface area (Å²) in [5, 5.41) is -0.591. The SMILES string of the molecule is C#CCn1c(=NC(=O)c2cccc(S(=O)(=O)C(C)C)c2)sc2cc3c(cc21)OCO3. The number of aromatic nitrogens is 1. The lowest BCUT2D eigenvalue weighted by Gasteiger charge is -2.08. The van der Waals surface area contributed by atoms with Crippen molar-refractivity contribution < 1.29 is 22.7 Å². The molecule has 0 saturated carbocycles. The zero-order chi connectivity index (χ0) is 21.5. The van der Waals surface area contributed by atoms with Gasteiger partial charge in [-0.15, -0.1) is 6.42 Å². The molecule has 0 N–H and O–H groups in total. The number of ether oxygens (including phenoxy) is 2. The molecule has 9 heteroatoms. The van der Waals surface area contributed by atoms with Crippen LogP contribution in [0.5, 0.6) is 11.5 Å². The van der Waals surface area contributed by atoms with Crippen molar-refractivity contribution in [3.8, 4) is 23.8 Å². The molecule has 154 valence electrons. The third kappa shape index (κ3) is 3.49. The average Bonchev–Trinajstić information content (AvgIpc) is 3.30. The lowest BCUT2D eigenvalue weighted by Crippen LogP contribution is -2.17. The molecule has 30 heavy (non-hydrogen) atoms. The predicted octanol–water partition coefficient (Wildman–Crippen LogP) is 2.99. The van der Waals surface area contributed by atoms with Crippen molar-refractivity contribution in [1.29, 1.82) is 0 Å². The van der Waals surface area contributed by atoms with Crippen LogP contribution in [-0.2, 0) is 16.4 Å². The third-order valence-electron chi connectivity index (χ3n) is 4.65. The smallest absolute Gasteiger partial charge is 0.279 e. The first-order valence-corrected chi connectivity index (χ1v) is 11.5. The summed E-state index contributed by atoms with van der Waals surface area (Å²) >= 11 is 1.29. The van der Waals surface area contributed by atoms with E-state index in [2.05, 4.69) is 10.9 Å². The van der Waals surface area contributed by atoms with E-state index in [9.17, 15) is 13.2 Å². The molecule has 0 saturated heterocycles. The van der Waals surface area contributed by atoms with E-state index < -0.39 is 21.0 Å². The zero-order valence-corrected chi connectivity index (χ0v) is 17.9. The molecule has 4 rings (SSSR count). The van der Waals surface area contributed by atoms with Crippen molar-refractivity contribution in [2.45, 2.75) is 30.5 Å². The molecule has 1 aliphatic heterocycles. The molecule has 0 fully saturated rings. The van der Waals surface area contributed by atoms with Gasteiger partial charge in [-0.1, -0.05) is 23.3 Å². The summed E-state index contributed by atoms with van der Waals surface area (Å²) in [6.45, 7) is 3.57. The molecule has 0 aliphatic carbocycles. The van der Waals surface area contributed by atoms with Crippen LogP contribution in [0.1, 0.15) is 24.2 Å². The Labute approximate surface area is 177 Å². The Balaban J connectivity index is 1.81. The van der Waals surface area contributed by atoms with Gasteiger partial charge in [-0.3, -0.25) is 4.79 Å². The molecule has 2 aromatic carbocycles. The van der Waals surface area contributed by atoms with E-state index >= 15 is 0 Å². The van der Waals surface area contributed by atoms with Crippen molar-refractivity contribution in [1.82, 2.24) is 4.57 Å². The Morgan fingerprint density at radius 1 is 1.27 bits per heavy atom. The van der Waals surface area contributed by atoms with E-state index in [1.807, 2.05) is 12.1 Å². The Kier molecular flexibility index (Phi) is 5.13. The Morgan fingerprint density at radius 3 is 2.70 bits per heavy atom. The summed E-state index contributed by atoms with van der Waals surface area (Å²) in [4.78, 5) is 17.6. The number of amides is 1. The van der Waals surface area contributed by atoms with Crippen molar-refractivity contribution in [3.63, 3.8) is 0 Å². The number of sulfone groups is 1. The minimum atomic E-state index is -3.50. The van der Waals surface area contributed by atoms with Gasteiger partial charge in [0, 0.05) is 17.7 Å². The molecule has 0 atom stereocenters. The number of carbonyl (C=O) groups is 1. The lowest BCUT2D eigenvalue weighted by molar-refractivity contribution is 0.0997. The molecule has 3 aromatic rings. The van der Waals surface area contributed by atoms with Gasteiger partial charge in [0.1, 0.15) is 0 Å². The van der Waals surface area contributed by atoms with Crippen molar-refractivity contribution in [2.75, 3.05) is 6.79 Å². The fourth-order valence-corrected chi connectivity index (χ4v) is 5.16. The minimum absolute atomic E-state index is 0.0946. The second kappa shape index (κ2) is 7.63. The van der Waals surface area contributed by atoms with E-state index in [-0.39, 0.29) is 23.8 Å². The zero-order valence-electron chi connectivity index (χ0n) is 16.3. The minimum Gasteiger partial charge on any atom is -0.454 e. The van der Waals surface area contributed by atoms with Crippen LogP contribution in [0, 0.1) is 12.3 Å². The van der Waals surface area contributed by atoms with Crippen LogP contribution in [0.3, 0.4) is 0 Å². The summed E-state index contributed by atoms with van der Waals surface area (Å²) in [5.74, 6) is 3.26. The van der Waals surface area contributed by atoms with Crippen molar-refractivity contribution in [2.24, 2.45) is 4.99 Å². The summed E-state index contributed by atoms with van der Waals surface area (Å²) in [6.07, 6.45) is 5.51. The average molecular weight is 443 g/mol. The third-order valence-corrected chi connectivity index (χ3v) is 7.85. The quantitative estimate of drug-likeness (QED) is 0.580. The van der Waals surface area contributed by atoms with Crippen molar-refractivity contribution >= 4 is 37.3 Å². The molecule has 7 nitrogen and oxygen atoms in total. The highest BCUT2D eigenvalue weighted by Crippen LogP contribution is 2.37. The first kappa shape index (κ1) is 20.2. The second-order valence-corrected chi connectivity index (χ2v) is 10.4. The van der Waals surface area contributed by atoms with Crippen LogP contribution in [0.15, 0.2) is 46.3 Å². The van der Waals surface area contributed by atoms with E-state index in [0.29, 0.717) is 16.3 Å². The van der Waals surface area contributed by atoms with Gasteiger partial charge >= 0.3 is 0 Å². The van der Waals surface area contributed by atoms with Gasteiger partial charge in [-0.2, -0.15) is 4.99 Å². The molecule has 0 radical (unpaired) electrons. The molecule has 0 spiro atoms. The number of hydrogen-bond acceptors (Lipinski definition) is 6.